The molecular formula is C12H18N2O2. The number of H-pyrrole nitrogens is 1. The molecule has 0 spiro atoms. The lowest BCUT2D eigenvalue weighted by atomic mass is 10.1. The summed E-state index contributed by atoms with van der Waals surface area (Å²) in [5.41, 5.74) is 1.30. The van der Waals surface area contributed by atoms with Crippen LogP contribution in [0.2, 0.25) is 0 Å². The first kappa shape index (κ1) is 11.3. The number of aliphatic hydroxyl groups is 1. The Labute approximate surface area is 94.7 Å². The predicted molar refractivity (Wildman–Crippen MR) is 61.6 cm³/mol. The van der Waals surface area contributed by atoms with E-state index in [1.165, 1.54) is 12.8 Å². The van der Waals surface area contributed by atoms with E-state index in [-0.39, 0.29) is 12.2 Å². The van der Waals surface area contributed by atoms with Crippen molar-refractivity contribution in [3.05, 3.63) is 27.4 Å². The minimum atomic E-state index is -0.0801. The number of rotatable bonds is 3. The van der Waals surface area contributed by atoms with Crippen LogP contribution in [-0.4, -0.2) is 21.7 Å². The third kappa shape index (κ3) is 2.16. The van der Waals surface area contributed by atoms with E-state index in [9.17, 15) is 4.79 Å². The standard InChI is InChI=1S/C12H18N2O2/c1-8-10(6-7-15)12(16)14-11(13-8)9-4-2-3-5-9/h9,15H,2-7H2,1H3,(H,13,14,16). The molecule has 0 radical (unpaired) electrons. The number of hydrogen-bond donors (Lipinski definition) is 2. The van der Waals surface area contributed by atoms with E-state index < -0.39 is 0 Å². The molecule has 4 nitrogen and oxygen atoms in total. The summed E-state index contributed by atoms with van der Waals surface area (Å²) in [4.78, 5) is 19.1. The van der Waals surface area contributed by atoms with Gasteiger partial charge in [0, 0.05) is 30.2 Å². The number of aliphatic hydroxyl groups excluding tert-OH is 1. The Kier molecular flexibility index (Phi) is 3.39. The van der Waals surface area contributed by atoms with E-state index >= 15 is 0 Å². The largest absolute Gasteiger partial charge is 0.396 e. The molecule has 2 rings (SSSR count). The van der Waals surface area contributed by atoms with Crippen molar-refractivity contribution in [2.75, 3.05) is 6.61 Å². The topological polar surface area (TPSA) is 66.0 Å². The summed E-state index contributed by atoms with van der Waals surface area (Å²) in [6.07, 6.45) is 5.10. The molecule has 1 saturated carbocycles. The Morgan fingerprint density at radius 1 is 1.44 bits per heavy atom. The minimum absolute atomic E-state index is 0.00558. The number of nitrogens with one attached hydrogen (secondary N) is 1. The molecule has 0 saturated heterocycles. The van der Waals surface area contributed by atoms with Gasteiger partial charge in [-0.15, -0.1) is 0 Å². The molecule has 1 aromatic heterocycles. The highest BCUT2D eigenvalue weighted by atomic mass is 16.3. The lowest BCUT2D eigenvalue weighted by Gasteiger charge is -2.10. The minimum Gasteiger partial charge on any atom is -0.396 e. The van der Waals surface area contributed by atoms with E-state index in [4.69, 9.17) is 5.11 Å². The van der Waals surface area contributed by atoms with E-state index in [0.717, 1.165) is 24.4 Å². The van der Waals surface area contributed by atoms with Gasteiger partial charge in [0.05, 0.1) is 0 Å². The molecule has 0 amide bonds. The second-order valence-corrected chi connectivity index (χ2v) is 4.47. The van der Waals surface area contributed by atoms with Crippen molar-refractivity contribution in [2.24, 2.45) is 0 Å². The average Bonchev–Trinajstić information content (AvgIpc) is 2.76. The third-order valence-corrected chi connectivity index (χ3v) is 3.34. The maximum atomic E-state index is 11.8. The normalized spacial score (nSPS) is 16.9. The lowest BCUT2D eigenvalue weighted by Crippen LogP contribution is -2.21. The molecule has 1 aromatic rings. The summed E-state index contributed by atoms with van der Waals surface area (Å²) in [7, 11) is 0. The van der Waals surface area contributed by atoms with Crippen LogP contribution in [0.4, 0.5) is 0 Å². The molecule has 1 heterocycles. The average molecular weight is 222 g/mol. The quantitative estimate of drug-likeness (QED) is 0.809. The molecule has 16 heavy (non-hydrogen) atoms. The summed E-state index contributed by atoms with van der Waals surface area (Å²) in [5.74, 6) is 1.26. The van der Waals surface area contributed by atoms with Crippen LogP contribution in [0.25, 0.3) is 0 Å². The van der Waals surface area contributed by atoms with Crippen molar-refractivity contribution < 1.29 is 5.11 Å². The fourth-order valence-electron chi connectivity index (χ4n) is 2.43. The Hall–Kier alpha value is -1.16. The molecule has 1 aliphatic carbocycles. The fraction of sp³-hybridized carbons (Fsp3) is 0.667. The van der Waals surface area contributed by atoms with Gasteiger partial charge in [-0.25, -0.2) is 4.98 Å². The zero-order chi connectivity index (χ0) is 11.5. The number of aromatic amines is 1. The Morgan fingerprint density at radius 3 is 2.69 bits per heavy atom. The molecule has 1 aliphatic rings. The second-order valence-electron chi connectivity index (χ2n) is 4.47. The molecule has 0 aliphatic heterocycles. The smallest absolute Gasteiger partial charge is 0.254 e. The molecule has 2 N–H and O–H groups in total. The molecule has 0 aromatic carbocycles. The zero-order valence-electron chi connectivity index (χ0n) is 9.62. The fourth-order valence-corrected chi connectivity index (χ4v) is 2.43. The molecule has 1 fully saturated rings. The maximum absolute atomic E-state index is 11.8. The van der Waals surface area contributed by atoms with Crippen molar-refractivity contribution in [1.29, 1.82) is 0 Å². The monoisotopic (exact) mass is 222 g/mol. The number of hydrogen-bond acceptors (Lipinski definition) is 3. The molecule has 0 unspecified atom stereocenters. The molecule has 4 heteroatoms. The lowest BCUT2D eigenvalue weighted by molar-refractivity contribution is 0.298. The van der Waals surface area contributed by atoms with Crippen molar-refractivity contribution >= 4 is 0 Å². The first-order valence-electron chi connectivity index (χ1n) is 5.93. The van der Waals surface area contributed by atoms with Gasteiger partial charge in [-0.05, 0) is 19.8 Å². The Balaban J connectivity index is 2.32. The summed E-state index contributed by atoms with van der Waals surface area (Å²) in [6, 6.07) is 0. The van der Waals surface area contributed by atoms with Crippen molar-refractivity contribution in [2.45, 2.75) is 44.9 Å². The summed E-state index contributed by atoms with van der Waals surface area (Å²) in [6.45, 7) is 1.84. The van der Waals surface area contributed by atoms with Gasteiger partial charge in [-0.2, -0.15) is 0 Å². The van der Waals surface area contributed by atoms with Gasteiger partial charge in [-0.1, -0.05) is 12.8 Å². The van der Waals surface area contributed by atoms with E-state index in [1.807, 2.05) is 6.92 Å². The van der Waals surface area contributed by atoms with Gasteiger partial charge < -0.3 is 10.1 Å². The van der Waals surface area contributed by atoms with Crippen LogP contribution in [0, 0.1) is 6.92 Å². The van der Waals surface area contributed by atoms with Crippen LogP contribution < -0.4 is 5.56 Å². The highest BCUT2D eigenvalue weighted by Crippen LogP contribution is 2.31. The Bertz CT molecular complexity index is 420. The molecular weight excluding hydrogens is 204 g/mol. The maximum Gasteiger partial charge on any atom is 0.254 e. The van der Waals surface area contributed by atoms with Crippen molar-refractivity contribution in [1.82, 2.24) is 9.97 Å². The van der Waals surface area contributed by atoms with Crippen LogP contribution in [-0.2, 0) is 6.42 Å². The van der Waals surface area contributed by atoms with Gasteiger partial charge >= 0.3 is 0 Å². The Morgan fingerprint density at radius 2 is 2.12 bits per heavy atom. The number of aryl methyl sites for hydroxylation is 1. The van der Waals surface area contributed by atoms with Gasteiger partial charge in [0.15, 0.2) is 0 Å². The van der Waals surface area contributed by atoms with Gasteiger partial charge in [-0.3, -0.25) is 4.79 Å². The van der Waals surface area contributed by atoms with Crippen LogP contribution in [0.1, 0.15) is 48.7 Å². The van der Waals surface area contributed by atoms with Crippen molar-refractivity contribution in [3.8, 4) is 0 Å². The van der Waals surface area contributed by atoms with E-state index in [2.05, 4.69) is 9.97 Å². The zero-order valence-corrected chi connectivity index (χ0v) is 9.62. The summed E-state index contributed by atoms with van der Waals surface area (Å²) >= 11 is 0. The van der Waals surface area contributed by atoms with Gasteiger partial charge in [0.2, 0.25) is 0 Å². The van der Waals surface area contributed by atoms with Crippen LogP contribution in [0.5, 0.6) is 0 Å². The summed E-state index contributed by atoms with van der Waals surface area (Å²) in [5, 5.41) is 8.87. The first-order valence-corrected chi connectivity index (χ1v) is 5.93. The van der Waals surface area contributed by atoms with Crippen LogP contribution in [0.15, 0.2) is 4.79 Å². The highest BCUT2D eigenvalue weighted by Gasteiger charge is 2.20. The molecule has 88 valence electrons. The van der Waals surface area contributed by atoms with Crippen LogP contribution in [0.3, 0.4) is 0 Å². The summed E-state index contributed by atoms with van der Waals surface area (Å²) < 4.78 is 0. The van der Waals surface area contributed by atoms with Crippen molar-refractivity contribution in [3.63, 3.8) is 0 Å². The van der Waals surface area contributed by atoms with Gasteiger partial charge in [0.1, 0.15) is 5.82 Å². The second kappa shape index (κ2) is 4.78. The van der Waals surface area contributed by atoms with Gasteiger partial charge in [0.25, 0.3) is 5.56 Å². The third-order valence-electron chi connectivity index (χ3n) is 3.34. The molecule has 0 atom stereocenters. The number of nitrogens with zero attached hydrogens (tertiary/aromatic N) is 1. The number of aromatic nitrogens is 2. The highest BCUT2D eigenvalue weighted by molar-refractivity contribution is 5.18. The SMILES string of the molecule is Cc1nc(C2CCCC2)[nH]c(=O)c1CCO. The molecule has 0 bridgehead atoms. The first-order chi connectivity index (χ1) is 7.72. The van der Waals surface area contributed by atoms with E-state index in [1.54, 1.807) is 0 Å². The predicted octanol–water partition coefficient (Wildman–Crippen LogP) is 1.27. The van der Waals surface area contributed by atoms with Crippen LogP contribution >= 0.6 is 0 Å². The van der Waals surface area contributed by atoms with E-state index in [0.29, 0.717) is 17.9 Å².